The molecule has 0 unspecified atom stereocenters. The molecule has 0 radical (unpaired) electrons. The summed E-state index contributed by atoms with van der Waals surface area (Å²) in [5, 5.41) is 9.37. The highest BCUT2D eigenvalue weighted by Crippen LogP contribution is 2.31. The number of amides is 1. The van der Waals surface area contributed by atoms with Crippen molar-refractivity contribution < 1.29 is 4.79 Å². The van der Waals surface area contributed by atoms with E-state index in [0.717, 1.165) is 47.7 Å². The molecule has 4 heterocycles. The third-order valence-electron chi connectivity index (χ3n) is 4.51. The number of carbonyl (C=O) groups excluding carboxylic acids is 1. The molecule has 1 aliphatic heterocycles. The highest BCUT2D eigenvalue weighted by atomic mass is 32.1. The molecule has 0 fully saturated rings. The molecule has 3 aromatic heterocycles. The minimum Gasteiger partial charge on any atom is -0.301 e. The predicted molar refractivity (Wildman–Crippen MR) is 107 cm³/mol. The van der Waals surface area contributed by atoms with Crippen LogP contribution in [0.4, 0.5) is 5.13 Å². The second-order valence-electron chi connectivity index (χ2n) is 7.32. The fourth-order valence-electron chi connectivity index (χ4n) is 3.23. The van der Waals surface area contributed by atoms with Crippen LogP contribution >= 0.6 is 22.7 Å². The second kappa shape index (κ2) is 6.75. The Balaban J connectivity index is 1.57. The van der Waals surface area contributed by atoms with Crippen molar-refractivity contribution in [1.29, 1.82) is 0 Å². The number of fused-ring (bicyclic) bond motifs is 2. The third kappa shape index (κ3) is 3.28. The molecule has 1 amide bonds. The first-order valence-corrected chi connectivity index (χ1v) is 10.5. The van der Waals surface area contributed by atoms with Crippen LogP contribution in [0.2, 0.25) is 0 Å². The Morgan fingerprint density at radius 3 is 2.96 bits per heavy atom. The van der Waals surface area contributed by atoms with E-state index in [2.05, 4.69) is 41.2 Å². The normalized spacial score (nSPS) is 15.0. The first-order chi connectivity index (χ1) is 12.4. The molecule has 138 valence electrons. The van der Waals surface area contributed by atoms with Gasteiger partial charge in [0, 0.05) is 36.3 Å². The summed E-state index contributed by atoms with van der Waals surface area (Å²) in [5.41, 5.74) is 2.10. The number of likely N-dealkylation sites (N-methyl/N-ethyl adjacent to an activating group) is 1. The summed E-state index contributed by atoms with van der Waals surface area (Å²) < 4.78 is 2.02. The van der Waals surface area contributed by atoms with Gasteiger partial charge in [-0.15, -0.1) is 22.7 Å². The first kappa shape index (κ1) is 17.6. The lowest BCUT2D eigenvalue weighted by molar-refractivity contribution is 0.103. The van der Waals surface area contributed by atoms with Gasteiger partial charge in [0.2, 0.25) is 0 Å². The molecule has 8 heteroatoms. The third-order valence-corrected chi connectivity index (χ3v) is 6.66. The first-order valence-electron chi connectivity index (χ1n) is 8.86. The van der Waals surface area contributed by atoms with Crippen LogP contribution in [0.25, 0.3) is 10.2 Å². The summed E-state index contributed by atoms with van der Waals surface area (Å²) in [6, 6.07) is 1.95. The van der Waals surface area contributed by atoms with Crippen molar-refractivity contribution in [2.45, 2.75) is 40.3 Å². The van der Waals surface area contributed by atoms with Gasteiger partial charge in [-0.2, -0.15) is 5.10 Å². The van der Waals surface area contributed by atoms with Crippen molar-refractivity contribution in [3.05, 3.63) is 27.2 Å². The standard InChI is InChI=1S/C18H23N5OS2/c1-10(2)8-23-17-12(11(3)21-23)7-14(25-17)16(24)20-18-19-13-5-6-22(4)9-15(13)26-18/h7,10H,5-6,8-9H2,1-4H3,(H,19,20,24). The lowest BCUT2D eigenvalue weighted by Gasteiger charge is -2.20. The largest absolute Gasteiger partial charge is 0.301 e. The Bertz CT molecular complexity index is 968. The lowest BCUT2D eigenvalue weighted by atomic mass is 10.2. The number of hydrogen-bond acceptors (Lipinski definition) is 6. The van der Waals surface area contributed by atoms with Gasteiger partial charge in [-0.1, -0.05) is 13.8 Å². The van der Waals surface area contributed by atoms with Crippen molar-refractivity contribution in [2.24, 2.45) is 5.92 Å². The van der Waals surface area contributed by atoms with Crippen LogP contribution in [-0.4, -0.2) is 39.2 Å². The number of aryl methyl sites for hydroxylation is 1. The molecule has 0 atom stereocenters. The fourth-order valence-corrected chi connectivity index (χ4v) is 5.38. The molecule has 1 aliphatic rings. The Morgan fingerprint density at radius 1 is 1.38 bits per heavy atom. The van der Waals surface area contributed by atoms with Crippen molar-refractivity contribution in [3.8, 4) is 0 Å². The van der Waals surface area contributed by atoms with Gasteiger partial charge in [0.05, 0.1) is 16.3 Å². The van der Waals surface area contributed by atoms with E-state index in [-0.39, 0.29) is 5.91 Å². The number of hydrogen-bond donors (Lipinski definition) is 1. The number of rotatable bonds is 4. The quantitative estimate of drug-likeness (QED) is 0.738. The molecular weight excluding hydrogens is 366 g/mol. The predicted octanol–water partition coefficient (Wildman–Crippen LogP) is 3.76. The minimum atomic E-state index is -0.0823. The number of nitrogens with one attached hydrogen (secondary N) is 1. The van der Waals surface area contributed by atoms with E-state index in [1.807, 2.05) is 17.7 Å². The number of anilines is 1. The summed E-state index contributed by atoms with van der Waals surface area (Å²) in [5.74, 6) is 0.429. The maximum atomic E-state index is 12.7. The van der Waals surface area contributed by atoms with E-state index in [1.165, 1.54) is 16.2 Å². The van der Waals surface area contributed by atoms with Gasteiger partial charge in [-0.05, 0) is 26.0 Å². The van der Waals surface area contributed by atoms with Crippen LogP contribution in [0.3, 0.4) is 0 Å². The summed E-state index contributed by atoms with van der Waals surface area (Å²) in [6.45, 7) is 9.14. The zero-order valence-corrected chi connectivity index (χ0v) is 17.1. The number of thiophene rings is 1. The molecule has 0 bridgehead atoms. The van der Waals surface area contributed by atoms with Crippen molar-refractivity contribution >= 4 is 43.9 Å². The van der Waals surface area contributed by atoms with E-state index < -0.39 is 0 Å². The average molecular weight is 390 g/mol. The van der Waals surface area contributed by atoms with Gasteiger partial charge in [0.25, 0.3) is 5.91 Å². The van der Waals surface area contributed by atoms with E-state index in [4.69, 9.17) is 0 Å². The number of carbonyl (C=O) groups is 1. The molecule has 1 N–H and O–H groups in total. The van der Waals surface area contributed by atoms with Crippen LogP contribution in [0, 0.1) is 12.8 Å². The molecule has 3 aromatic rings. The Hall–Kier alpha value is -1.77. The highest BCUT2D eigenvalue weighted by Gasteiger charge is 2.21. The van der Waals surface area contributed by atoms with Gasteiger partial charge >= 0.3 is 0 Å². The molecule has 0 aromatic carbocycles. The fraction of sp³-hybridized carbons (Fsp3) is 0.500. The Labute approximate surface area is 160 Å². The minimum absolute atomic E-state index is 0.0823. The summed E-state index contributed by atoms with van der Waals surface area (Å²) in [6.07, 6.45) is 0.950. The summed E-state index contributed by atoms with van der Waals surface area (Å²) in [7, 11) is 2.11. The van der Waals surface area contributed by atoms with E-state index in [1.54, 1.807) is 11.3 Å². The summed E-state index contributed by atoms with van der Waals surface area (Å²) in [4.78, 5) is 22.7. The van der Waals surface area contributed by atoms with Crippen LogP contribution in [0.5, 0.6) is 0 Å². The smallest absolute Gasteiger partial charge is 0.267 e. The lowest BCUT2D eigenvalue weighted by Crippen LogP contribution is -2.25. The van der Waals surface area contributed by atoms with Gasteiger partial charge in [0.1, 0.15) is 4.83 Å². The van der Waals surface area contributed by atoms with Gasteiger partial charge in [-0.25, -0.2) is 4.98 Å². The number of thiazole rings is 1. The van der Waals surface area contributed by atoms with Crippen LogP contribution in [-0.2, 0) is 19.5 Å². The molecule has 0 spiro atoms. The maximum absolute atomic E-state index is 12.7. The Morgan fingerprint density at radius 2 is 2.19 bits per heavy atom. The van der Waals surface area contributed by atoms with E-state index in [0.29, 0.717) is 15.9 Å². The monoisotopic (exact) mass is 389 g/mol. The van der Waals surface area contributed by atoms with Crippen LogP contribution < -0.4 is 5.32 Å². The van der Waals surface area contributed by atoms with Gasteiger partial charge in [-0.3, -0.25) is 14.8 Å². The molecule has 0 saturated heterocycles. The molecular formula is C18H23N5OS2. The van der Waals surface area contributed by atoms with Crippen molar-refractivity contribution in [1.82, 2.24) is 19.7 Å². The van der Waals surface area contributed by atoms with Crippen LogP contribution in [0.15, 0.2) is 6.07 Å². The topological polar surface area (TPSA) is 63.1 Å². The number of nitrogens with zero attached hydrogens (tertiary/aromatic N) is 4. The van der Waals surface area contributed by atoms with Crippen molar-refractivity contribution in [3.63, 3.8) is 0 Å². The molecule has 0 saturated carbocycles. The Kier molecular flexibility index (Phi) is 4.58. The highest BCUT2D eigenvalue weighted by molar-refractivity contribution is 7.20. The zero-order chi connectivity index (χ0) is 18.4. The molecule has 4 rings (SSSR count). The van der Waals surface area contributed by atoms with E-state index in [9.17, 15) is 4.79 Å². The van der Waals surface area contributed by atoms with Gasteiger partial charge in [0.15, 0.2) is 5.13 Å². The van der Waals surface area contributed by atoms with Gasteiger partial charge < -0.3 is 4.90 Å². The zero-order valence-electron chi connectivity index (χ0n) is 15.5. The molecule has 6 nitrogen and oxygen atoms in total. The summed E-state index contributed by atoms with van der Waals surface area (Å²) >= 11 is 3.09. The average Bonchev–Trinajstić information content (AvgIpc) is 3.22. The van der Waals surface area contributed by atoms with Crippen molar-refractivity contribution in [2.75, 3.05) is 18.9 Å². The second-order valence-corrected chi connectivity index (χ2v) is 9.44. The SMILES string of the molecule is Cc1nn(CC(C)C)c2sc(C(=O)Nc3nc4c(s3)CN(C)CC4)cc12. The van der Waals surface area contributed by atoms with E-state index >= 15 is 0 Å². The number of aromatic nitrogens is 3. The van der Waals surface area contributed by atoms with Crippen LogP contribution in [0.1, 0.15) is 39.8 Å². The molecule has 26 heavy (non-hydrogen) atoms. The maximum Gasteiger partial charge on any atom is 0.267 e. The molecule has 0 aliphatic carbocycles.